The molecule has 6 nitrogen and oxygen atoms in total. The summed E-state index contributed by atoms with van der Waals surface area (Å²) in [6, 6.07) is 16.7. The number of aryl methyl sites for hydroxylation is 1. The Labute approximate surface area is 181 Å². The van der Waals surface area contributed by atoms with Gasteiger partial charge in [-0.15, -0.1) is 0 Å². The molecular formula is C24H27FN4O2. The highest BCUT2D eigenvalue weighted by Gasteiger charge is 2.23. The highest BCUT2D eigenvalue weighted by Crippen LogP contribution is 2.20. The van der Waals surface area contributed by atoms with Crippen molar-refractivity contribution in [3.8, 4) is 11.4 Å². The lowest BCUT2D eigenvalue weighted by molar-refractivity contribution is -0.121. The number of rotatable bonds is 8. The molecule has 1 aliphatic heterocycles. The fourth-order valence-corrected chi connectivity index (χ4v) is 3.93. The van der Waals surface area contributed by atoms with Gasteiger partial charge in [0.2, 0.25) is 17.6 Å². The molecule has 1 saturated heterocycles. The molecule has 1 atom stereocenters. The maximum atomic E-state index is 13.0. The third kappa shape index (κ3) is 5.98. The lowest BCUT2D eigenvalue weighted by Crippen LogP contribution is -2.46. The van der Waals surface area contributed by atoms with Crippen LogP contribution in [0.25, 0.3) is 11.4 Å². The number of amides is 1. The summed E-state index contributed by atoms with van der Waals surface area (Å²) in [5.74, 6) is 0.461. The largest absolute Gasteiger partial charge is 0.355 e. The molecule has 0 bridgehead atoms. The predicted octanol–water partition coefficient (Wildman–Crippen LogP) is 3.98. The lowest BCUT2D eigenvalue weighted by Gasteiger charge is -2.35. The summed E-state index contributed by atoms with van der Waals surface area (Å²) in [6.45, 7) is 2.62. The van der Waals surface area contributed by atoms with Crippen LogP contribution in [-0.4, -0.2) is 40.1 Å². The van der Waals surface area contributed by atoms with Crippen LogP contribution in [0.3, 0.4) is 0 Å². The number of benzene rings is 2. The molecule has 4 rings (SSSR count). The van der Waals surface area contributed by atoms with Gasteiger partial charge in [0.05, 0.1) is 0 Å². The Hall–Kier alpha value is -3.06. The Morgan fingerprint density at radius 2 is 1.94 bits per heavy atom. The molecule has 1 fully saturated rings. The molecule has 0 unspecified atom stereocenters. The van der Waals surface area contributed by atoms with Gasteiger partial charge in [0, 0.05) is 37.5 Å². The maximum Gasteiger partial charge on any atom is 0.227 e. The third-order valence-corrected chi connectivity index (χ3v) is 5.65. The van der Waals surface area contributed by atoms with Crippen molar-refractivity contribution in [2.45, 2.75) is 44.7 Å². The Morgan fingerprint density at radius 3 is 2.74 bits per heavy atom. The van der Waals surface area contributed by atoms with E-state index in [9.17, 15) is 9.18 Å². The zero-order valence-corrected chi connectivity index (χ0v) is 17.5. The number of carbonyl (C=O) groups is 1. The van der Waals surface area contributed by atoms with E-state index in [1.54, 1.807) is 12.1 Å². The summed E-state index contributed by atoms with van der Waals surface area (Å²) in [5.41, 5.74) is 1.98. The van der Waals surface area contributed by atoms with Crippen molar-refractivity contribution in [2.75, 3.05) is 13.1 Å². The first-order valence-corrected chi connectivity index (χ1v) is 10.8. The minimum absolute atomic E-state index is 0.0215. The molecule has 1 amide bonds. The number of carbonyl (C=O) groups excluding carboxylic acids is 1. The van der Waals surface area contributed by atoms with Gasteiger partial charge in [0.1, 0.15) is 5.82 Å². The number of piperidine rings is 1. The third-order valence-electron chi connectivity index (χ3n) is 5.65. The number of nitrogens with one attached hydrogen (secondary N) is 1. The Balaban J connectivity index is 1.24. The standard InChI is InChI=1S/C24H27FN4O2/c25-20-11-9-19(10-12-20)24-27-23(31-28-24)14-13-22(30)26-16-21-8-4-5-15-29(21)17-18-6-2-1-3-7-18/h1-3,6-7,9-12,21H,4-5,8,13-17H2,(H,26,30)/t21-/m0/s1. The second-order valence-electron chi connectivity index (χ2n) is 7.93. The Morgan fingerprint density at radius 1 is 1.13 bits per heavy atom. The first-order valence-electron chi connectivity index (χ1n) is 10.8. The van der Waals surface area contributed by atoms with Gasteiger partial charge in [-0.05, 0) is 49.2 Å². The number of aromatic nitrogens is 2. The highest BCUT2D eigenvalue weighted by molar-refractivity contribution is 5.76. The van der Waals surface area contributed by atoms with Gasteiger partial charge in [0.25, 0.3) is 0 Å². The SMILES string of the molecule is O=C(CCc1nc(-c2ccc(F)cc2)no1)NC[C@@H]1CCCCN1Cc1ccccc1. The minimum atomic E-state index is -0.315. The number of nitrogens with zero attached hydrogens (tertiary/aromatic N) is 3. The molecule has 2 heterocycles. The molecule has 1 aromatic heterocycles. The molecule has 0 saturated carbocycles. The monoisotopic (exact) mass is 422 g/mol. The zero-order chi connectivity index (χ0) is 21.5. The first-order chi connectivity index (χ1) is 15.2. The van der Waals surface area contributed by atoms with E-state index >= 15 is 0 Å². The van der Waals surface area contributed by atoms with Gasteiger partial charge in [-0.3, -0.25) is 9.69 Å². The lowest BCUT2D eigenvalue weighted by atomic mass is 10.0. The zero-order valence-electron chi connectivity index (χ0n) is 17.5. The molecule has 3 aromatic rings. The molecule has 162 valence electrons. The van der Waals surface area contributed by atoms with Crippen molar-refractivity contribution in [3.63, 3.8) is 0 Å². The van der Waals surface area contributed by atoms with Crippen molar-refractivity contribution >= 4 is 5.91 Å². The number of hydrogen-bond acceptors (Lipinski definition) is 5. The summed E-state index contributed by atoms with van der Waals surface area (Å²) in [7, 11) is 0. The van der Waals surface area contributed by atoms with Crippen molar-refractivity contribution in [1.29, 1.82) is 0 Å². The van der Waals surface area contributed by atoms with Crippen molar-refractivity contribution < 1.29 is 13.7 Å². The second-order valence-corrected chi connectivity index (χ2v) is 7.93. The van der Waals surface area contributed by atoms with E-state index in [-0.39, 0.29) is 18.1 Å². The van der Waals surface area contributed by atoms with Crippen LogP contribution in [0.5, 0.6) is 0 Å². The molecular weight excluding hydrogens is 395 g/mol. The molecule has 0 aliphatic carbocycles. The molecule has 31 heavy (non-hydrogen) atoms. The molecule has 0 radical (unpaired) electrons. The van der Waals surface area contributed by atoms with Crippen LogP contribution < -0.4 is 5.32 Å². The smallest absolute Gasteiger partial charge is 0.227 e. The fourth-order valence-electron chi connectivity index (χ4n) is 3.93. The number of likely N-dealkylation sites (tertiary alicyclic amines) is 1. The molecule has 0 spiro atoms. The quantitative estimate of drug-likeness (QED) is 0.595. The van der Waals surface area contributed by atoms with Crippen LogP contribution >= 0.6 is 0 Å². The van der Waals surface area contributed by atoms with Gasteiger partial charge in [-0.1, -0.05) is 41.9 Å². The summed E-state index contributed by atoms with van der Waals surface area (Å²) < 4.78 is 18.3. The second kappa shape index (κ2) is 10.3. The Kier molecular flexibility index (Phi) is 7.04. The van der Waals surface area contributed by atoms with E-state index in [4.69, 9.17) is 4.52 Å². The topological polar surface area (TPSA) is 71.3 Å². The van der Waals surface area contributed by atoms with Crippen LogP contribution in [0.15, 0.2) is 59.1 Å². The summed E-state index contributed by atoms with van der Waals surface area (Å²) >= 11 is 0. The van der Waals surface area contributed by atoms with Crippen LogP contribution in [0.4, 0.5) is 4.39 Å². The van der Waals surface area contributed by atoms with E-state index in [1.165, 1.54) is 30.5 Å². The molecule has 1 N–H and O–H groups in total. The normalized spacial score (nSPS) is 16.9. The van der Waals surface area contributed by atoms with Crippen molar-refractivity contribution in [1.82, 2.24) is 20.4 Å². The number of halogens is 1. The van der Waals surface area contributed by atoms with Gasteiger partial charge >= 0.3 is 0 Å². The average Bonchev–Trinajstić information content (AvgIpc) is 3.27. The van der Waals surface area contributed by atoms with Crippen molar-refractivity contribution in [3.05, 3.63) is 71.9 Å². The van der Waals surface area contributed by atoms with E-state index < -0.39 is 0 Å². The summed E-state index contributed by atoms with van der Waals surface area (Å²) in [6.07, 6.45) is 4.15. The van der Waals surface area contributed by atoms with Gasteiger partial charge in [0.15, 0.2) is 0 Å². The van der Waals surface area contributed by atoms with Crippen molar-refractivity contribution in [2.24, 2.45) is 0 Å². The van der Waals surface area contributed by atoms with E-state index in [0.29, 0.717) is 36.3 Å². The minimum Gasteiger partial charge on any atom is -0.355 e. The van der Waals surface area contributed by atoms with Crippen LogP contribution in [0.1, 0.15) is 37.1 Å². The maximum absolute atomic E-state index is 13.0. The number of hydrogen-bond donors (Lipinski definition) is 1. The van der Waals surface area contributed by atoms with Gasteiger partial charge in [-0.2, -0.15) is 4.98 Å². The fraction of sp³-hybridized carbons (Fsp3) is 0.375. The predicted molar refractivity (Wildman–Crippen MR) is 116 cm³/mol. The van der Waals surface area contributed by atoms with Gasteiger partial charge in [-0.25, -0.2) is 4.39 Å². The molecule has 7 heteroatoms. The first kappa shape index (κ1) is 21.2. The van der Waals surface area contributed by atoms with Crippen LogP contribution in [0.2, 0.25) is 0 Å². The van der Waals surface area contributed by atoms with E-state index in [2.05, 4.69) is 44.6 Å². The summed E-state index contributed by atoms with van der Waals surface area (Å²) in [5, 5.41) is 6.99. The molecule has 2 aromatic carbocycles. The van der Waals surface area contributed by atoms with Crippen LogP contribution in [-0.2, 0) is 17.8 Å². The van der Waals surface area contributed by atoms with E-state index in [1.807, 2.05) is 6.07 Å². The van der Waals surface area contributed by atoms with E-state index in [0.717, 1.165) is 19.5 Å². The van der Waals surface area contributed by atoms with Crippen LogP contribution in [0, 0.1) is 5.82 Å². The molecule has 1 aliphatic rings. The summed E-state index contributed by atoms with van der Waals surface area (Å²) in [4.78, 5) is 19.1. The van der Waals surface area contributed by atoms with Gasteiger partial charge < -0.3 is 9.84 Å². The highest BCUT2D eigenvalue weighted by atomic mass is 19.1. The Bertz CT molecular complexity index is 975. The average molecular weight is 423 g/mol.